The molecule has 14 heteroatoms. The molecule has 0 fully saturated rings. The summed E-state index contributed by atoms with van der Waals surface area (Å²) in [6.07, 6.45) is -5.22. The summed E-state index contributed by atoms with van der Waals surface area (Å²) in [5.74, 6) is -2.31. The van der Waals surface area contributed by atoms with Gasteiger partial charge >= 0.3 is 12.1 Å². The van der Waals surface area contributed by atoms with E-state index in [2.05, 4.69) is 10.6 Å². The highest BCUT2D eigenvalue weighted by molar-refractivity contribution is 5.88. The average molecular weight is 672 g/mol. The number of hydrogen-bond donors (Lipinski definition) is 5. The van der Waals surface area contributed by atoms with Crippen LogP contribution in [0.5, 0.6) is 11.5 Å². The summed E-state index contributed by atoms with van der Waals surface area (Å²) in [7, 11) is 1.10. The second-order valence-corrected chi connectivity index (χ2v) is 10.9. The molecule has 11 nitrogen and oxygen atoms in total. The number of methoxy groups -OCH3 is 1. The van der Waals surface area contributed by atoms with Crippen LogP contribution in [-0.2, 0) is 36.8 Å². The van der Waals surface area contributed by atoms with E-state index in [-0.39, 0.29) is 19.3 Å². The molecule has 6 N–H and O–H groups in total. The smallest absolute Gasteiger partial charge is 0.406 e. The average Bonchev–Trinajstić information content (AvgIpc) is 3.06. The Hall–Kier alpha value is -4.95. The van der Waals surface area contributed by atoms with Crippen molar-refractivity contribution >= 4 is 23.7 Å². The summed E-state index contributed by atoms with van der Waals surface area (Å²) >= 11 is 0. The van der Waals surface area contributed by atoms with Crippen molar-refractivity contribution in [3.63, 3.8) is 0 Å². The lowest BCUT2D eigenvalue weighted by Gasteiger charge is -2.25. The van der Waals surface area contributed by atoms with E-state index >= 15 is 0 Å². The van der Waals surface area contributed by atoms with E-state index in [1.165, 1.54) is 0 Å². The number of hydrogen-bond acceptors (Lipinski definition) is 8. The van der Waals surface area contributed by atoms with Crippen LogP contribution < -0.4 is 32.0 Å². The Bertz CT molecular complexity index is 1480. The van der Waals surface area contributed by atoms with E-state index < -0.39 is 54.4 Å². The molecule has 0 aliphatic carbocycles. The Morgan fingerprint density at radius 3 is 2.06 bits per heavy atom. The topological polar surface area (TPSA) is 161 Å². The maximum absolute atomic E-state index is 13.9. The first-order chi connectivity index (χ1) is 23.0. The molecular weight excluding hydrogens is 631 g/mol. The molecule has 48 heavy (non-hydrogen) atoms. The molecule has 3 unspecified atom stereocenters. The molecule has 0 saturated heterocycles. The number of hydrazine groups is 1. The number of ether oxygens (including phenoxy) is 2. The first-order valence-corrected chi connectivity index (χ1v) is 15.3. The molecule has 3 amide bonds. The number of alkyl halides is 3. The minimum absolute atomic E-state index is 0.00533. The molecule has 0 radical (unpaired) electrons. The monoisotopic (exact) mass is 671 g/mol. The number of halogens is 3. The highest BCUT2D eigenvalue weighted by Gasteiger charge is 2.42. The van der Waals surface area contributed by atoms with E-state index in [9.17, 15) is 32.3 Å². The number of carbonyl (C=O) groups excluding carboxylic acids is 4. The molecule has 3 atom stereocenters. The van der Waals surface area contributed by atoms with Crippen LogP contribution in [0.4, 0.5) is 13.2 Å². The van der Waals surface area contributed by atoms with Crippen LogP contribution >= 0.6 is 0 Å². The SMILES string of the molecule is COC(=O)C(Cc1ccccc1)NC(=O)CC(NNC(=O)C(CCCCN)NC(=O)Cc1cccc(Oc2ccccc2)c1)C(F)(F)F. The van der Waals surface area contributed by atoms with Crippen molar-refractivity contribution in [2.24, 2.45) is 5.73 Å². The van der Waals surface area contributed by atoms with E-state index in [0.29, 0.717) is 42.0 Å². The Morgan fingerprint density at radius 1 is 0.792 bits per heavy atom. The van der Waals surface area contributed by atoms with Gasteiger partial charge in [0, 0.05) is 6.42 Å². The Kier molecular flexibility index (Phi) is 14.9. The molecule has 3 aromatic carbocycles. The largest absolute Gasteiger partial charge is 0.467 e. The van der Waals surface area contributed by atoms with Gasteiger partial charge in [0.05, 0.1) is 20.0 Å². The quantitative estimate of drug-likeness (QED) is 0.0781. The Labute approximate surface area is 276 Å². The lowest BCUT2D eigenvalue weighted by molar-refractivity contribution is -0.165. The zero-order valence-electron chi connectivity index (χ0n) is 26.4. The molecule has 0 bridgehead atoms. The predicted octanol–water partition coefficient (Wildman–Crippen LogP) is 3.48. The molecular formula is C34H40F3N5O6. The standard InChI is InChI=1S/C34H40F3N5O6/c1-47-33(46)28(20-23-11-4-2-5-12-23)40-31(44)22-29(34(35,36)37)41-42-32(45)27(17-8-9-18-38)39-30(43)21-24-13-10-16-26(19-24)48-25-14-6-3-7-15-25/h2-7,10-16,19,27-29,41H,8-9,17-18,20-22,38H2,1H3,(H,39,43)(H,40,44)(H,42,45). The highest BCUT2D eigenvalue weighted by atomic mass is 19.4. The summed E-state index contributed by atoms with van der Waals surface area (Å²) in [6.45, 7) is 0.316. The van der Waals surface area contributed by atoms with Crippen LogP contribution in [0.3, 0.4) is 0 Å². The number of carbonyl (C=O) groups is 4. The zero-order valence-corrected chi connectivity index (χ0v) is 26.4. The molecule has 3 aromatic rings. The first kappa shape index (κ1) is 37.5. The third-order valence-electron chi connectivity index (χ3n) is 7.10. The molecule has 0 heterocycles. The number of esters is 1. The second-order valence-electron chi connectivity index (χ2n) is 10.9. The van der Waals surface area contributed by atoms with E-state index in [1.807, 2.05) is 29.1 Å². The normalized spacial score (nSPS) is 13.0. The van der Waals surface area contributed by atoms with Crippen LogP contribution in [-0.4, -0.2) is 61.6 Å². The second kappa shape index (κ2) is 19.0. The third kappa shape index (κ3) is 13.0. The highest BCUT2D eigenvalue weighted by Crippen LogP contribution is 2.23. The molecule has 0 aliphatic heterocycles. The molecule has 0 saturated carbocycles. The van der Waals surface area contributed by atoms with Crippen molar-refractivity contribution in [2.45, 2.75) is 62.8 Å². The summed E-state index contributed by atoms with van der Waals surface area (Å²) in [5.41, 5.74) is 10.7. The van der Waals surface area contributed by atoms with E-state index in [0.717, 1.165) is 7.11 Å². The molecule has 0 spiro atoms. The summed E-state index contributed by atoms with van der Waals surface area (Å²) < 4.78 is 52.3. The van der Waals surface area contributed by atoms with E-state index in [4.69, 9.17) is 15.2 Å². The predicted molar refractivity (Wildman–Crippen MR) is 171 cm³/mol. The molecule has 258 valence electrons. The van der Waals surface area contributed by atoms with Gasteiger partial charge in [0.25, 0.3) is 5.91 Å². The van der Waals surface area contributed by atoms with Gasteiger partial charge in [-0.15, -0.1) is 0 Å². The van der Waals surface area contributed by atoms with Crippen molar-refractivity contribution < 1.29 is 41.8 Å². The van der Waals surface area contributed by atoms with Gasteiger partial charge < -0.3 is 25.8 Å². The van der Waals surface area contributed by atoms with Crippen LogP contribution in [0.1, 0.15) is 36.8 Å². The number of nitrogens with two attached hydrogens (primary N) is 1. The Morgan fingerprint density at radius 2 is 1.42 bits per heavy atom. The number of benzene rings is 3. The molecule has 0 aromatic heterocycles. The van der Waals surface area contributed by atoms with Gasteiger partial charge in [-0.05, 0) is 61.2 Å². The van der Waals surface area contributed by atoms with Crippen molar-refractivity contribution in [1.29, 1.82) is 0 Å². The van der Waals surface area contributed by atoms with Crippen molar-refractivity contribution in [1.82, 2.24) is 21.5 Å². The fraction of sp³-hybridized carbons (Fsp3) is 0.353. The van der Waals surface area contributed by atoms with Crippen LogP contribution in [0.2, 0.25) is 0 Å². The van der Waals surface area contributed by atoms with Crippen molar-refractivity contribution in [3.05, 3.63) is 96.1 Å². The van der Waals surface area contributed by atoms with E-state index in [1.54, 1.807) is 66.7 Å². The lowest BCUT2D eigenvalue weighted by atomic mass is 10.1. The van der Waals surface area contributed by atoms with Crippen molar-refractivity contribution in [2.75, 3.05) is 13.7 Å². The molecule has 3 rings (SSSR count). The minimum atomic E-state index is -4.96. The minimum Gasteiger partial charge on any atom is -0.467 e. The van der Waals surface area contributed by atoms with Gasteiger partial charge in [-0.3, -0.25) is 19.8 Å². The van der Waals surface area contributed by atoms with Gasteiger partial charge in [-0.2, -0.15) is 13.2 Å². The number of rotatable bonds is 18. The number of para-hydroxylation sites is 1. The summed E-state index contributed by atoms with van der Waals surface area (Å²) in [4.78, 5) is 50.9. The number of nitrogens with one attached hydrogen (secondary N) is 4. The zero-order chi connectivity index (χ0) is 34.9. The van der Waals surface area contributed by atoms with Gasteiger partial charge in [0.1, 0.15) is 29.6 Å². The number of amides is 3. The fourth-order valence-electron chi connectivity index (χ4n) is 4.65. The maximum Gasteiger partial charge on any atom is 0.406 e. The van der Waals surface area contributed by atoms with Gasteiger partial charge in [-0.25, -0.2) is 10.2 Å². The summed E-state index contributed by atoms with van der Waals surface area (Å²) in [5, 5.41) is 4.87. The first-order valence-electron chi connectivity index (χ1n) is 15.3. The van der Waals surface area contributed by atoms with Crippen LogP contribution in [0.25, 0.3) is 0 Å². The van der Waals surface area contributed by atoms with Gasteiger partial charge in [0.15, 0.2) is 0 Å². The molecule has 0 aliphatic rings. The number of unbranched alkanes of at least 4 members (excludes halogenated alkanes) is 1. The van der Waals surface area contributed by atoms with Gasteiger partial charge in [-0.1, -0.05) is 60.7 Å². The fourth-order valence-corrected chi connectivity index (χ4v) is 4.65. The maximum atomic E-state index is 13.9. The lowest BCUT2D eigenvalue weighted by Crippen LogP contribution is -2.58. The van der Waals surface area contributed by atoms with Crippen LogP contribution in [0, 0.1) is 0 Å². The summed E-state index contributed by atoms with van der Waals surface area (Å²) in [6, 6.07) is 19.4. The Balaban J connectivity index is 1.62. The third-order valence-corrected chi connectivity index (χ3v) is 7.10. The van der Waals surface area contributed by atoms with Crippen LogP contribution in [0.15, 0.2) is 84.9 Å². The van der Waals surface area contributed by atoms with Crippen molar-refractivity contribution in [3.8, 4) is 11.5 Å². The van der Waals surface area contributed by atoms with Gasteiger partial charge in [0.2, 0.25) is 11.8 Å².